The summed E-state index contributed by atoms with van der Waals surface area (Å²) < 4.78 is 39.8. The van der Waals surface area contributed by atoms with Crippen LogP contribution in [0.5, 0.6) is 0 Å². The Bertz CT molecular complexity index is 581. The second-order valence-electron chi connectivity index (χ2n) is 5.35. The van der Waals surface area contributed by atoms with Crippen molar-refractivity contribution in [2.24, 2.45) is 5.92 Å². The van der Waals surface area contributed by atoms with E-state index in [1.807, 2.05) is 0 Å². The van der Waals surface area contributed by atoms with E-state index in [1.54, 1.807) is 13.8 Å². The van der Waals surface area contributed by atoms with Crippen LogP contribution in [0.1, 0.15) is 20.8 Å². The molecular formula is C14H15F3N2O2. The van der Waals surface area contributed by atoms with Crippen LogP contribution in [0.2, 0.25) is 0 Å². The van der Waals surface area contributed by atoms with Crippen molar-refractivity contribution in [2.75, 3.05) is 4.90 Å². The van der Waals surface area contributed by atoms with Gasteiger partial charge in [-0.05, 0) is 12.8 Å². The molecule has 21 heavy (non-hydrogen) atoms. The molecule has 2 unspecified atom stereocenters. The smallest absolute Gasteiger partial charge is 0.250 e. The molecule has 1 aliphatic rings. The number of benzene rings is 1. The predicted octanol–water partition coefficient (Wildman–Crippen LogP) is 1.98. The van der Waals surface area contributed by atoms with E-state index in [1.165, 1.54) is 6.92 Å². The van der Waals surface area contributed by atoms with E-state index in [9.17, 15) is 22.8 Å². The molecule has 0 bridgehead atoms. The molecule has 114 valence electrons. The maximum Gasteiger partial charge on any atom is 0.250 e. The summed E-state index contributed by atoms with van der Waals surface area (Å²) in [5.41, 5.74) is -0.170. The number of nitrogens with one attached hydrogen (secondary N) is 1. The summed E-state index contributed by atoms with van der Waals surface area (Å²) in [5, 5.41) is 2.51. The van der Waals surface area contributed by atoms with Crippen molar-refractivity contribution in [3.8, 4) is 0 Å². The Balaban J connectivity index is 2.55. The number of nitrogens with zero attached hydrogens (tertiary/aromatic N) is 1. The van der Waals surface area contributed by atoms with E-state index in [0.717, 1.165) is 17.0 Å². The molecule has 0 aliphatic carbocycles. The molecule has 0 radical (unpaired) electrons. The summed E-state index contributed by atoms with van der Waals surface area (Å²) >= 11 is 0. The third-order valence-electron chi connectivity index (χ3n) is 3.39. The summed E-state index contributed by atoms with van der Waals surface area (Å²) in [4.78, 5) is 25.3. The predicted molar refractivity (Wildman–Crippen MR) is 70.0 cm³/mol. The van der Waals surface area contributed by atoms with E-state index in [2.05, 4.69) is 5.32 Å². The first-order valence-electron chi connectivity index (χ1n) is 6.52. The first-order chi connectivity index (χ1) is 9.73. The van der Waals surface area contributed by atoms with Gasteiger partial charge in [-0.3, -0.25) is 14.5 Å². The Labute approximate surface area is 119 Å². The molecule has 4 nitrogen and oxygen atoms in total. The summed E-state index contributed by atoms with van der Waals surface area (Å²) in [6, 6.07) is -0.282. The van der Waals surface area contributed by atoms with Gasteiger partial charge < -0.3 is 5.32 Å². The standard InChI is InChI=1S/C14H15F3N2O2/c1-6(2)12-13(20)18-7(3)14(21)19(12)8-4-9(15)11(17)10(16)5-8/h4-7,12H,1-3H3,(H,18,20). The highest BCUT2D eigenvalue weighted by atomic mass is 19.2. The zero-order valence-corrected chi connectivity index (χ0v) is 11.8. The van der Waals surface area contributed by atoms with Crippen molar-refractivity contribution in [3.63, 3.8) is 0 Å². The van der Waals surface area contributed by atoms with Crippen LogP contribution in [0, 0.1) is 23.4 Å². The van der Waals surface area contributed by atoms with E-state index < -0.39 is 41.3 Å². The quantitative estimate of drug-likeness (QED) is 0.849. The van der Waals surface area contributed by atoms with Gasteiger partial charge in [0.2, 0.25) is 11.8 Å². The zero-order chi connectivity index (χ0) is 15.9. The molecule has 1 aromatic rings. The molecule has 1 saturated heterocycles. The van der Waals surface area contributed by atoms with Crippen LogP contribution < -0.4 is 10.2 Å². The molecule has 0 saturated carbocycles. The number of hydrogen-bond acceptors (Lipinski definition) is 2. The Morgan fingerprint density at radius 1 is 1.14 bits per heavy atom. The van der Waals surface area contributed by atoms with Crippen molar-refractivity contribution in [3.05, 3.63) is 29.6 Å². The van der Waals surface area contributed by atoms with Gasteiger partial charge in [0.05, 0.1) is 5.69 Å². The summed E-state index contributed by atoms with van der Waals surface area (Å²) in [6.45, 7) is 4.88. The first kappa shape index (κ1) is 15.3. The van der Waals surface area contributed by atoms with E-state index in [-0.39, 0.29) is 11.6 Å². The van der Waals surface area contributed by atoms with Gasteiger partial charge in [-0.25, -0.2) is 13.2 Å². The Hall–Kier alpha value is -2.05. The highest BCUT2D eigenvalue weighted by molar-refractivity contribution is 6.08. The number of piperazine rings is 1. The Morgan fingerprint density at radius 3 is 2.14 bits per heavy atom. The van der Waals surface area contributed by atoms with Gasteiger partial charge in [-0.15, -0.1) is 0 Å². The fourth-order valence-corrected chi connectivity index (χ4v) is 2.39. The van der Waals surface area contributed by atoms with Gasteiger partial charge in [-0.2, -0.15) is 0 Å². The van der Waals surface area contributed by atoms with Gasteiger partial charge in [-0.1, -0.05) is 13.8 Å². The minimum Gasteiger partial charge on any atom is -0.343 e. The molecule has 0 spiro atoms. The summed E-state index contributed by atoms with van der Waals surface area (Å²) in [6.07, 6.45) is 0. The van der Waals surface area contributed by atoms with Crippen LogP contribution in [0.25, 0.3) is 0 Å². The van der Waals surface area contributed by atoms with Crippen molar-refractivity contribution < 1.29 is 22.8 Å². The van der Waals surface area contributed by atoms with Crippen molar-refractivity contribution >= 4 is 17.5 Å². The fourth-order valence-electron chi connectivity index (χ4n) is 2.39. The third-order valence-corrected chi connectivity index (χ3v) is 3.39. The number of amides is 2. The monoisotopic (exact) mass is 300 g/mol. The number of carbonyl (C=O) groups excluding carboxylic acids is 2. The molecule has 1 heterocycles. The molecule has 2 atom stereocenters. The molecule has 2 amide bonds. The van der Waals surface area contributed by atoms with Crippen LogP contribution in [-0.4, -0.2) is 23.9 Å². The maximum absolute atomic E-state index is 13.4. The molecule has 0 aromatic heterocycles. The molecule has 1 aromatic carbocycles. The van der Waals surface area contributed by atoms with Gasteiger partial charge in [0.15, 0.2) is 17.5 Å². The summed E-state index contributed by atoms with van der Waals surface area (Å²) in [5.74, 6) is -5.61. The highest BCUT2D eigenvalue weighted by Gasteiger charge is 2.41. The van der Waals surface area contributed by atoms with Crippen molar-refractivity contribution in [1.29, 1.82) is 0 Å². The van der Waals surface area contributed by atoms with Crippen LogP contribution in [0.15, 0.2) is 12.1 Å². The Kier molecular flexibility index (Phi) is 3.93. The van der Waals surface area contributed by atoms with Crippen LogP contribution in [0.4, 0.5) is 18.9 Å². The number of hydrogen-bond donors (Lipinski definition) is 1. The van der Waals surface area contributed by atoms with Gasteiger partial charge in [0.25, 0.3) is 0 Å². The Morgan fingerprint density at radius 2 is 1.67 bits per heavy atom. The number of rotatable bonds is 2. The SMILES string of the molecule is CC1NC(=O)C(C(C)C)N(c2cc(F)c(F)c(F)c2)C1=O. The number of carbonyl (C=O) groups is 2. The topological polar surface area (TPSA) is 49.4 Å². The lowest BCUT2D eigenvalue weighted by molar-refractivity contribution is -0.134. The average molecular weight is 300 g/mol. The van der Waals surface area contributed by atoms with E-state index >= 15 is 0 Å². The molecule has 1 fully saturated rings. The number of halogens is 3. The lowest BCUT2D eigenvalue weighted by Crippen LogP contribution is -2.64. The second kappa shape index (κ2) is 5.38. The second-order valence-corrected chi connectivity index (χ2v) is 5.35. The van der Waals surface area contributed by atoms with Crippen LogP contribution in [-0.2, 0) is 9.59 Å². The normalized spacial score (nSPS) is 22.7. The third kappa shape index (κ3) is 2.59. The zero-order valence-electron chi connectivity index (χ0n) is 11.8. The highest BCUT2D eigenvalue weighted by Crippen LogP contribution is 2.28. The van der Waals surface area contributed by atoms with Crippen molar-refractivity contribution in [2.45, 2.75) is 32.9 Å². The molecule has 1 N–H and O–H groups in total. The summed E-state index contributed by atoms with van der Waals surface area (Å²) in [7, 11) is 0. The van der Waals surface area contributed by atoms with Crippen LogP contribution in [0.3, 0.4) is 0 Å². The lowest BCUT2D eigenvalue weighted by atomic mass is 9.96. The molecule has 1 aliphatic heterocycles. The first-order valence-corrected chi connectivity index (χ1v) is 6.52. The average Bonchev–Trinajstić information content (AvgIpc) is 2.38. The molecule has 7 heteroatoms. The van der Waals surface area contributed by atoms with Gasteiger partial charge >= 0.3 is 0 Å². The number of anilines is 1. The van der Waals surface area contributed by atoms with E-state index in [0.29, 0.717) is 0 Å². The van der Waals surface area contributed by atoms with Crippen molar-refractivity contribution in [1.82, 2.24) is 5.32 Å². The lowest BCUT2D eigenvalue weighted by Gasteiger charge is -2.39. The van der Waals surface area contributed by atoms with Gasteiger partial charge in [0.1, 0.15) is 12.1 Å². The molecule has 2 rings (SSSR count). The largest absolute Gasteiger partial charge is 0.343 e. The fraction of sp³-hybridized carbons (Fsp3) is 0.429. The van der Waals surface area contributed by atoms with Crippen LogP contribution >= 0.6 is 0 Å². The minimum absolute atomic E-state index is 0.170. The maximum atomic E-state index is 13.4. The van der Waals surface area contributed by atoms with E-state index in [4.69, 9.17) is 0 Å². The minimum atomic E-state index is -1.61. The van der Waals surface area contributed by atoms with Gasteiger partial charge in [0, 0.05) is 12.1 Å². The molecular weight excluding hydrogens is 285 g/mol.